The third-order valence-electron chi connectivity index (χ3n) is 4.06. The lowest BCUT2D eigenvalue weighted by Crippen LogP contribution is -2.33. The van der Waals surface area contributed by atoms with Crippen molar-refractivity contribution in [1.82, 2.24) is 14.5 Å². The molecule has 0 fully saturated rings. The fourth-order valence-electron chi connectivity index (χ4n) is 2.73. The monoisotopic (exact) mass is 357 g/mol. The number of hydrogen-bond donors (Lipinski definition) is 0. The normalized spacial score (nSPS) is 12.3. The number of amides is 1. The van der Waals surface area contributed by atoms with E-state index in [4.69, 9.17) is 0 Å². The Morgan fingerprint density at radius 3 is 2.76 bits per heavy atom. The number of carbonyl (C=O) groups is 1. The van der Waals surface area contributed by atoms with Crippen molar-refractivity contribution in [3.05, 3.63) is 59.9 Å². The van der Waals surface area contributed by atoms with Gasteiger partial charge in [0.05, 0.1) is 16.3 Å². The van der Waals surface area contributed by atoms with E-state index >= 15 is 0 Å². The number of aromatic nitrogens is 2. The molecule has 0 bridgehead atoms. The molecule has 0 spiro atoms. The lowest BCUT2D eigenvalue weighted by Gasteiger charge is -2.21. The number of halogens is 1. The van der Waals surface area contributed by atoms with Gasteiger partial charge in [0.15, 0.2) is 5.16 Å². The highest BCUT2D eigenvalue weighted by atomic mass is 32.2. The van der Waals surface area contributed by atoms with Crippen LogP contribution in [0.1, 0.15) is 12.5 Å². The van der Waals surface area contributed by atoms with Gasteiger partial charge in [-0.2, -0.15) is 0 Å². The highest BCUT2D eigenvalue weighted by Gasteiger charge is 2.21. The molecule has 1 atom stereocenters. The maximum Gasteiger partial charge on any atom is 0.235 e. The topological polar surface area (TPSA) is 38.1 Å². The summed E-state index contributed by atoms with van der Waals surface area (Å²) >= 11 is 1.43. The van der Waals surface area contributed by atoms with Crippen LogP contribution in [0.25, 0.3) is 11.0 Å². The predicted molar refractivity (Wildman–Crippen MR) is 98.9 cm³/mol. The molecule has 0 aliphatic heterocycles. The first-order valence-electron chi connectivity index (χ1n) is 8.03. The van der Waals surface area contributed by atoms with Crippen LogP contribution in [0, 0.1) is 5.82 Å². The van der Waals surface area contributed by atoms with E-state index in [1.165, 1.54) is 23.9 Å². The summed E-state index contributed by atoms with van der Waals surface area (Å²) in [6.07, 6.45) is 0. The van der Waals surface area contributed by atoms with Gasteiger partial charge in [-0.05, 0) is 36.8 Å². The van der Waals surface area contributed by atoms with Crippen LogP contribution >= 0.6 is 11.8 Å². The molecule has 0 radical (unpaired) electrons. The summed E-state index contributed by atoms with van der Waals surface area (Å²) in [5.74, 6) is -0.304. The fraction of sp³-hybridized carbons (Fsp3) is 0.263. The molecular formula is C19H20FN3OS. The van der Waals surface area contributed by atoms with E-state index in [2.05, 4.69) is 4.98 Å². The largest absolute Gasteiger partial charge is 0.340 e. The van der Waals surface area contributed by atoms with Gasteiger partial charge in [-0.15, -0.1) is 0 Å². The minimum Gasteiger partial charge on any atom is -0.340 e. The van der Waals surface area contributed by atoms with Gasteiger partial charge in [0.1, 0.15) is 5.82 Å². The summed E-state index contributed by atoms with van der Waals surface area (Å²) in [5, 5.41) is 0.523. The lowest BCUT2D eigenvalue weighted by molar-refractivity contribution is -0.129. The Morgan fingerprint density at radius 2 is 2.04 bits per heavy atom. The van der Waals surface area contributed by atoms with Crippen LogP contribution < -0.4 is 0 Å². The molecule has 1 amide bonds. The zero-order valence-electron chi connectivity index (χ0n) is 14.4. The Balaban J connectivity index is 1.70. The van der Waals surface area contributed by atoms with Crippen LogP contribution in [0.15, 0.2) is 53.7 Å². The SMILES string of the molecule is C[C@H](Sc1nc2ccccc2n1C)C(=O)N(C)Cc1cccc(F)c1. The van der Waals surface area contributed by atoms with Crippen molar-refractivity contribution in [1.29, 1.82) is 0 Å². The molecule has 4 nitrogen and oxygen atoms in total. The molecule has 2 aromatic carbocycles. The molecule has 0 saturated carbocycles. The molecule has 0 aliphatic carbocycles. The first kappa shape index (κ1) is 17.5. The van der Waals surface area contributed by atoms with Crippen molar-refractivity contribution in [3.63, 3.8) is 0 Å². The van der Waals surface area contributed by atoms with Gasteiger partial charge >= 0.3 is 0 Å². The smallest absolute Gasteiger partial charge is 0.235 e. The third kappa shape index (κ3) is 3.85. The van der Waals surface area contributed by atoms with E-state index in [0.717, 1.165) is 21.8 Å². The number of para-hydroxylation sites is 2. The molecular weight excluding hydrogens is 337 g/mol. The predicted octanol–water partition coefficient (Wildman–Crippen LogP) is 3.85. The zero-order chi connectivity index (χ0) is 18.0. The third-order valence-corrected chi connectivity index (χ3v) is 5.19. The minimum absolute atomic E-state index is 0.0127. The maximum absolute atomic E-state index is 13.3. The maximum atomic E-state index is 13.3. The van der Waals surface area contributed by atoms with E-state index in [0.29, 0.717) is 6.54 Å². The summed E-state index contributed by atoms with van der Waals surface area (Å²) in [5.41, 5.74) is 2.73. The van der Waals surface area contributed by atoms with E-state index in [1.54, 1.807) is 18.0 Å². The van der Waals surface area contributed by atoms with Gasteiger partial charge < -0.3 is 9.47 Å². The van der Waals surface area contributed by atoms with Gasteiger partial charge in [-0.25, -0.2) is 9.37 Å². The van der Waals surface area contributed by atoms with Gasteiger partial charge in [0.25, 0.3) is 0 Å². The summed E-state index contributed by atoms with van der Waals surface area (Å²) in [4.78, 5) is 18.9. The molecule has 0 N–H and O–H groups in total. The Morgan fingerprint density at radius 1 is 1.28 bits per heavy atom. The van der Waals surface area contributed by atoms with Crippen molar-refractivity contribution in [2.75, 3.05) is 7.05 Å². The number of hydrogen-bond acceptors (Lipinski definition) is 3. The van der Waals surface area contributed by atoms with Crippen LogP contribution in [-0.4, -0.2) is 32.7 Å². The molecule has 1 aromatic heterocycles. The summed E-state index contributed by atoms with van der Waals surface area (Å²) in [6.45, 7) is 2.25. The van der Waals surface area contributed by atoms with E-state index < -0.39 is 0 Å². The molecule has 0 unspecified atom stereocenters. The van der Waals surface area contributed by atoms with Crippen LogP contribution in [0.3, 0.4) is 0 Å². The van der Waals surface area contributed by atoms with E-state index in [1.807, 2.05) is 48.9 Å². The second kappa shape index (κ2) is 7.27. The highest BCUT2D eigenvalue weighted by Crippen LogP contribution is 2.27. The van der Waals surface area contributed by atoms with Crippen molar-refractivity contribution >= 4 is 28.7 Å². The molecule has 3 rings (SSSR count). The number of nitrogens with zero attached hydrogens (tertiary/aromatic N) is 3. The molecule has 0 saturated heterocycles. The van der Waals surface area contributed by atoms with Crippen molar-refractivity contribution in [2.45, 2.75) is 23.9 Å². The van der Waals surface area contributed by atoms with Crippen molar-refractivity contribution in [2.24, 2.45) is 7.05 Å². The highest BCUT2D eigenvalue weighted by molar-refractivity contribution is 8.00. The number of fused-ring (bicyclic) bond motifs is 1. The Labute approximate surface area is 150 Å². The Kier molecular flexibility index (Phi) is 5.08. The molecule has 130 valence electrons. The number of rotatable bonds is 5. The zero-order valence-corrected chi connectivity index (χ0v) is 15.3. The van der Waals surface area contributed by atoms with Gasteiger partial charge in [0.2, 0.25) is 5.91 Å². The van der Waals surface area contributed by atoms with Crippen LogP contribution in [0.4, 0.5) is 4.39 Å². The standard InChI is InChI=1S/C19H20FN3OS/c1-13(18(24)22(2)12-14-7-6-8-15(20)11-14)25-19-21-16-9-4-5-10-17(16)23(19)3/h4-11,13H,12H2,1-3H3/t13-/m0/s1. The average molecular weight is 357 g/mol. The number of carbonyl (C=O) groups excluding carboxylic acids is 1. The van der Waals surface area contributed by atoms with Crippen LogP contribution in [0.2, 0.25) is 0 Å². The second-order valence-corrected chi connectivity index (χ2v) is 7.33. The van der Waals surface area contributed by atoms with Gasteiger partial charge in [-0.1, -0.05) is 36.0 Å². The lowest BCUT2D eigenvalue weighted by atomic mass is 10.2. The van der Waals surface area contributed by atoms with Gasteiger partial charge in [-0.3, -0.25) is 4.79 Å². The number of thioether (sulfide) groups is 1. The summed E-state index contributed by atoms with van der Waals surface area (Å²) in [7, 11) is 3.69. The van der Waals surface area contributed by atoms with E-state index in [9.17, 15) is 9.18 Å². The van der Waals surface area contributed by atoms with Crippen molar-refractivity contribution in [3.8, 4) is 0 Å². The molecule has 25 heavy (non-hydrogen) atoms. The molecule has 3 aromatic rings. The molecule has 0 aliphatic rings. The quantitative estimate of drug-likeness (QED) is 0.651. The number of imidazole rings is 1. The minimum atomic E-state index is -0.291. The molecule has 6 heteroatoms. The molecule has 1 heterocycles. The van der Waals surface area contributed by atoms with Gasteiger partial charge in [0, 0.05) is 20.6 Å². The summed E-state index contributed by atoms with van der Waals surface area (Å²) in [6, 6.07) is 14.2. The Hall–Kier alpha value is -2.34. The van der Waals surface area contributed by atoms with E-state index in [-0.39, 0.29) is 17.0 Å². The number of aryl methyl sites for hydroxylation is 1. The van der Waals surface area contributed by atoms with Crippen molar-refractivity contribution < 1.29 is 9.18 Å². The first-order chi connectivity index (χ1) is 12.0. The van der Waals surface area contributed by atoms with Crippen LogP contribution in [-0.2, 0) is 18.4 Å². The number of benzene rings is 2. The van der Waals surface area contributed by atoms with Crippen LogP contribution in [0.5, 0.6) is 0 Å². The second-order valence-electron chi connectivity index (χ2n) is 6.03. The fourth-order valence-corrected chi connectivity index (χ4v) is 3.74. The average Bonchev–Trinajstić information content (AvgIpc) is 2.90. The summed E-state index contributed by atoms with van der Waals surface area (Å²) < 4.78 is 15.3. The Bertz CT molecular complexity index is 909. The first-order valence-corrected chi connectivity index (χ1v) is 8.91.